The van der Waals surface area contributed by atoms with E-state index in [1.807, 2.05) is 42.5 Å². The number of furan rings is 1. The molecule has 1 amide bonds. The van der Waals surface area contributed by atoms with Gasteiger partial charge in [-0.15, -0.1) is 0 Å². The van der Waals surface area contributed by atoms with Crippen molar-refractivity contribution in [3.8, 4) is 17.2 Å². The number of nitrogens with two attached hydrogens (primary N) is 1. The Balaban J connectivity index is 1.22. The third-order valence-electron chi connectivity index (χ3n) is 8.44. The average Bonchev–Trinajstić information content (AvgIpc) is 3.54. The molecule has 37 heavy (non-hydrogen) atoms. The first-order valence-electron chi connectivity index (χ1n) is 13.1. The van der Waals surface area contributed by atoms with Crippen LogP contribution in [0.3, 0.4) is 0 Å². The summed E-state index contributed by atoms with van der Waals surface area (Å²) in [5.74, 6) is -0.207. The normalized spacial score (nSPS) is 21.0. The van der Waals surface area contributed by atoms with E-state index in [9.17, 15) is 14.9 Å². The topological polar surface area (TPSA) is 118 Å². The number of nitrogens with zero attached hydrogens (tertiary/aromatic N) is 1. The lowest BCUT2D eigenvalue weighted by Crippen LogP contribution is -2.56. The highest BCUT2D eigenvalue weighted by Crippen LogP contribution is 2.49. The summed E-state index contributed by atoms with van der Waals surface area (Å²) in [4.78, 5) is 26.7. The summed E-state index contributed by atoms with van der Waals surface area (Å²) in [5.41, 5.74) is 8.14. The first-order valence-corrected chi connectivity index (χ1v) is 13.1. The number of Topliss-reactive ketones (excluding diaryl/α,β-unsaturated/α-hetero) is 1. The fourth-order valence-electron chi connectivity index (χ4n) is 5.67. The molecule has 0 bridgehead atoms. The Bertz CT molecular complexity index is 1400. The van der Waals surface area contributed by atoms with Crippen LogP contribution in [0.5, 0.6) is 0 Å². The maximum atomic E-state index is 13.4. The van der Waals surface area contributed by atoms with Gasteiger partial charge in [-0.25, -0.2) is 0 Å². The van der Waals surface area contributed by atoms with Crippen molar-refractivity contribution in [2.75, 3.05) is 13.2 Å². The molecule has 2 aromatic carbocycles. The number of hydrogen-bond donors (Lipinski definition) is 2. The van der Waals surface area contributed by atoms with Gasteiger partial charge < -0.3 is 20.2 Å². The minimum atomic E-state index is -0.917. The van der Waals surface area contributed by atoms with E-state index in [2.05, 4.69) is 11.4 Å². The van der Waals surface area contributed by atoms with E-state index in [0.717, 1.165) is 54.2 Å². The van der Waals surface area contributed by atoms with Crippen LogP contribution < -0.4 is 11.1 Å². The smallest absolute Gasteiger partial charge is 0.287 e. The Morgan fingerprint density at radius 1 is 0.946 bits per heavy atom. The van der Waals surface area contributed by atoms with Crippen molar-refractivity contribution in [1.82, 2.24) is 5.32 Å². The van der Waals surface area contributed by atoms with Gasteiger partial charge in [-0.3, -0.25) is 9.59 Å². The molecule has 0 spiro atoms. The average molecular weight is 498 g/mol. The van der Waals surface area contributed by atoms with Gasteiger partial charge in [0.1, 0.15) is 5.58 Å². The van der Waals surface area contributed by atoms with Gasteiger partial charge in [-0.2, -0.15) is 5.26 Å². The molecule has 1 aromatic heterocycles. The molecule has 0 atom stereocenters. The zero-order valence-electron chi connectivity index (χ0n) is 20.8. The standard InChI is InChI=1S/C30H31N3O4/c31-17-28(12-13-28)16-26(34)30(10-2-1-3-11-30)33-27(35)25-15-22-5-4-21(14-24(22)37-25)20-6-8-23(9-7-20)29(32)18-36-19-29/h4-9,14-15H,1-3,10-13,16,18-19,32H2,(H,33,35). The molecule has 3 aliphatic rings. The molecule has 6 rings (SSSR count). The second-order valence-corrected chi connectivity index (χ2v) is 11.2. The molecule has 2 saturated carbocycles. The van der Waals surface area contributed by atoms with Crippen LogP contribution in [0.4, 0.5) is 0 Å². The number of carbonyl (C=O) groups excluding carboxylic acids is 2. The number of fused-ring (bicyclic) bond motifs is 1. The van der Waals surface area contributed by atoms with E-state index in [-0.39, 0.29) is 23.9 Å². The summed E-state index contributed by atoms with van der Waals surface area (Å²) >= 11 is 0. The fourth-order valence-corrected chi connectivity index (χ4v) is 5.67. The fraction of sp³-hybridized carbons (Fsp3) is 0.433. The number of nitrogens with one attached hydrogen (secondary N) is 1. The van der Waals surface area contributed by atoms with Crippen molar-refractivity contribution in [2.45, 2.75) is 62.4 Å². The molecule has 7 nitrogen and oxygen atoms in total. The molecule has 1 aliphatic heterocycles. The van der Waals surface area contributed by atoms with Crippen LogP contribution in [-0.2, 0) is 15.1 Å². The largest absolute Gasteiger partial charge is 0.451 e. The number of carbonyl (C=O) groups is 2. The predicted octanol–water partition coefficient (Wildman–Crippen LogP) is 4.98. The van der Waals surface area contributed by atoms with Crippen LogP contribution >= 0.6 is 0 Å². The van der Waals surface area contributed by atoms with Crippen LogP contribution in [0.25, 0.3) is 22.1 Å². The van der Waals surface area contributed by atoms with Crippen molar-refractivity contribution < 1.29 is 18.7 Å². The first-order chi connectivity index (χ1) is 17.8. The molecule has 3 fully saturated rings. The summed E-state index contributed by atoms with van der Waals surface area (Å²) in [6.45, 7) is 1.06. The number of amides is 1. The summed E-state index contributed by atoms with van der Waals surface area (Å²) in [5, 5.41) is 13.4. The second kappa shape index (κ2) is 8.83. The van der Waals surface area contributed by atoms with Gasteiger partial charge in [0.25, 0.3) is 5.91 Å². The lowest BCUT2D eigenvalue weighted by molar-refractivity contribution is -0.127. The van der Waals surface area contributed by atoms with Crippen LogP contribution in [0.2, 0.25) is 0 Å². The zero-order valence-corrected chi connectivity index (χ0v) is 20.8. The van der Waals surface area contributed by atoms with Crippen molar-refractivity contribution in [2.24, 2.45) is 11.1 Å². The van der Waals surface area contributed by atoms with E-state index in [0.29, 0.717) is 31.6 Å². The van der Waals surface area contributed by atoms with Crippen LogP contribution in [0.15, 0.2) is 52.9 Å². The lowest BCUT2D eigenvalue weighted by atomic mass is 9.75. The molecule has 0 unspecified atom stereocenters. The summed E-state index contributed by atoms with van der Waals surface area (Å²) in [7, 11) is 0. The number of rotatable bonds is 7. The highest BCUT2D eigenvalue weighted by Gasteiger charge is 2.50. The van der Waals surface area contributed by atoms with Crippen LogP contribution in [0, 0.1) is 16.7 Å². The third-order valence-corrected chi connectivity index (χ3v) is 8.44. The number of ketones is 1. The SMILES string of the molecule is N#CC1(CC(=O)C2(NC(=O)c3cc4ccc(-c5ccc(C6(N)COC6)cc5)cc4o3)CCCCC2)CC1. The molecule has 190 valence electrons. The van der Waals surface area contributed by atoms with Gasteiger partial charge in [-0.1, -0.05) is 55.7 Å². The minimum absolute atomic E-state index is 0.0193. The van der Waals surface area contributed by atoms with E-state index in [1.165, 1.54) is 0 Å². The molecule has 3 N–H and O–H groups in total. The predicted molar refractivity (Wildman–Crippen MR) is 139 cm³/mol. The van der Waals surface area contributed by atoms with E-state index in [4.69, 9.17) is 14.9 Å². The number of hydrogen-bond acceptors (Lipinski definition) is 6. The van der Waals surface area contributed by atoms with Gasteiger partial charge in [0.15, 0.2) is 11.5 Å². The van der Waals surface area contributed by atoms with E-state index < -0.39 is 16.5 Å². The molecule has 7 heteroatoms. The third kappa shape index (κ3) is 4.35. The quantitative estimate of drug-likeness (QED) is 0.475. The molecule has 2 aliphatic carbocycles. The molecule has 2 heterocycles. The Morgan fingerprint density at radius 3 is 2.27 bits per heavy atom. The first kappa shape index (κ1) is 23.9. The Morgan fingerprint density at radius 2 is 1.65 bits per heavy atom. The molecular formula is C30H31N3O4. The van der Waals surface area contributed by atoms with Gasteiger partial charge >= 0.3 is 0 Å². The lowest BCUT2D eigenvalue weighted by Gasteiger charge is -2.38. The molecule has 1 saturated heterocycles. The van der Waals surface area contributed by atoms with Crippen LogP contribution in [0.1, 0.15) is 67.5 Å². The Labute approximate surface area is 216 Å². The highest BCUT2D eigenvalue weighted by atomic mass is 16.5. The van der Waals surface area contributed by atoms with Crippen molar-refractivity contribution in [3.63, 3.8) is 0 Å². The van der Waals surface area contributed by atoms with Gasteiger partial charge in [0.05, 0.1) is 35.8 Å². The zero-order chi connectivity index (χ0) is 25.7. The molecule has 0 radical (unpaired) electrons. The molecular weight excluding hydrogens is 466 g/mol. The number of ether oxygens (including phenoxy) is 1. The number of nitriles is 1. The van der Waals surface area contributed by atoms with Gasteiger partial charge in [-0.05, 0) is 54.5 Å². The van der Waals surface area contributed by atoms with Crippen LogP contribution in [-0.4, -0.2) is 30.4 Å². The second-order valence-electron chi connectivity index (χ2n) is 11.2. The highest BCUT2D eigenvalue weighted by molar-refractivity contribution is 6.01. The van der Waals surface area contributed by atoms with Gasteiger partial charge in [0, 0.05) is 11.8 Å². The Kier molecular flexibility index (Phi) is 5.70. The van der Waals surface area contributed by atoms with E-state index in [1.54, 1.807) is 6.07 Å². The van der Waals surface area contributed by atoms with Gasteiger partial charge in [0.2, 0.25) is 0 Å². The summed E-state index contributed by atoms with van der Waals surface area (Å²) < 4.78 is 11.3. The maximum absolute atomic E-state index is 13.4. The Hall–Kier alpha value is -3.47. The summed E-state index contributed by atoms with van der Waals surface area (Å²) in [6, 6.07) is 18.0. The van der Waals surface area contributed by atoms with Crippen molar-refractivity contribution >= 4 is 22.7 Å². The number of benzene rings is 2. The van der Waals surface area contributed by atoms with Crippen molar-refractivity contribution in [1.29, 1.82) is 5.26 Å². The van der Waals surface area contributed by atoms with Crippen molar-refractivity contribution in [3.05, 3.63) is 59.9 Å². The minimum Gasteiger partial charge on any atom is -0.451 e. The maximum Gasteiger partial charge on any atom is 0.287 e. The monoisotopic (exact) mass is 497 g/mol. The molecule has 3 aromatic rings. The van der Waals surface area contributed by atoms with E-state index >= 15 is 0 Å². The summed E-state index contributed by atoms with van der Waals surface area (Å²) in [6.07, 6.45) is 5.75.